The van der Waals surface area contributed by atoms with Crippen LogP contribution < -0.4 is 5.32 Å². The van der Waals surface area contributed by atoms with Crippen LogP contribution in [0.1, 0.15) is 55.3 Å². The van der Waals surface area contributed by atoms with Gasteiger partial charge in [0, 0.05) is 11.9 Å². The van der Waals surface area contributed by atoms with E-state index in [0.29, 0.717) is 11.8 Å². The summed E-state index contributed by atoms with van der Waals surface area (Å²) in [6, 6.07) is 2.35. The second-order valence-corrected chi connectivity index (χ2v) is 5.15. The molecule has 1 aliphatic rings. The molecule has 2 nitrogen and oxygen atoms in total. The molecule has 2 rings (SSSR count). The average molecular weight is 218 g/mol. The van der Waals surface area contributed by atoms with Gasteiger partial charge >= 0.3 is 0 Å². The number of nitrogens with one attached hydrogen (secondary N) is 1. The monoisotopic (exact) mass is 218 g/mol. The highest BCUT2D eigenvalue weighted by molar-refractivity contribution is 5.28. The lowest BCUT2D eigenvalue weighted by molar-refractivity contribution is 0.459. The zero-order valence-electron chi connectivity index (χ0n) is 10.6. The molecule has 1 aliphatic heterocycles. The Morgan fingerprint density at radius 1 is 1.31 bits per heavy atom. The molecular formula is C14H22N2. The van der Waals surface area contributed by atoms with Crippen LogP contribution in [0.25, 0.3) is 0 Å². The third kappa shape index (κ3) is 2.43. The lowest BCUT2D eigenvalue weighted by Crippen LogP contribution is -2.26. The Hall–Kier alpha value is -0.890. The van der Waals surface area contributed by atoms with Gasteiger partial charge in [0.2, 0.25) is 0 Å². The van der Waals surface area contributed by atoms with Crippen molar-refractivity contribution < 1.29 is 0 Å². The van der Waals surface area contributed by atoms with Crippen LogP contribution in [-0.4, -0.2) is 18.1 Å². The Labute approximate surface area is 98.5 Å². The van der Waals surface area contributed by atoms with Gasteiger partial charge < -0.3 is 5.32 Å². The molecule has 1 aromatic heterocycles. The first-order valence-corrected chi connectivity index (χ1v) is 6.35. The molecule has 16 heavy (non-hydrogen) atoms. The summed E-state index contributed by atoms with van der Waals surface area (Å²) >= 11 is 0. The molecule has 1 N–H and O–H groups in total. The molecule has 0 atom stereocenters. The van der Waals surface area contributed by atoms with Gasteiger partial charge in [-0.15, -0.1) is 0 Å². The molecule has 1 saturated heterocycles. The average Bonchev–Trinajstić information content (AvgIpc) is 2.29. The maximum absolute atomic E-state index is 4.63. The molecule has 88 valence electrons. The number of aryl methyl sites for hydroxylation is 1. The molecule has 0 radical (unpaired) electrons. The van der Waals surface area contributed by atoms with E-state index in [0.717, 1.165) is 13.1 Å². The minimum absolute atomic E-state index is 0.530. The van der Waals surface area contributed by atoms with Crippen LogP contribution in [0.5, 0.6) is 0 Å². The third-order valence-corrected chi connectivity index (χ3v) is 3.50. The van der Waals surface area contributed by atoms with Gasteiger partial charge in [-0.25, -0.2) is 0 Å². The second kappa shape index (κ2) is 4.96. The summed E-state index contributed by atoms with van der Waals surface area (Å²) in [4.78, 5) is 4.63. The van der Waals surface area contributed by atoms with Gasteiger partial charge in [0.1, 0.15) is 0 Å². The molecule has 0 spiro atoms. The molecule has 0 aromatic carbocycles. The van der Waals surface area contributed by atoms with Crippen LogP contribution in [0.15, 0.2) is 12.3 Å². The Kier molecular flexibility index (Phi) is 3.59. The number of hydrogen-bond donors (Lipinski definition) is 1. The standard InChI is InChI=1S/C14H22N2/c1-10(2)14-11(3)8-13(9-16-14)12-4-6-15-7-5-12/h8-10,12,15H,4-7H2,1-3H3. The van der Waals surface area contributed by atoms with E-state index in [4.69, 9.17) is 0 Å². The van der Waals surface area contributed by atoms with Gasteiger partial charge in [-0.05, 0) is 55.8 Å². The first kappa shape index (κ1) is 11.6. The minimum atomic E-state index is 0.530. The van der Waals surface area contributed by atoms with Gasteiger partial charge in [-0.3, -0.25) is 4.98 Å². The van der Waals surface area contributed by atoms with E-state index in [2.05, 4.69) is 43.3 Å². The fraction of sp³-hybridized carbons (Fsp3) is 0.643. The van der Waals surface area contributed by atoms with Crippen molar-refractivity contribution in [2.24, 2.45) is 0 Å². The van der Waals surface area contributed by atoms with Crippen molar-refractivity contribution in [2.75, 3.05) is 13.1 Å². The predicted molar refractivity (Wildman–Crippen MR) is 67.9 cm³/mol. The van der Waals surface area contributed by atoms with Crippen LogP contribution >= 0.6 is 0 Å². The fourth-order valence-electron chi connectivity index (χ4n) is 2.59. The quantitative estimate of drug-likeness (QED) is 0.825. The number of piperidine rings is 1. The largest absolute Gasteiger partial charge is 0.317 e. The fourth-order valence-corrected chi connectivity index (χ4v) is 2.59. The summed E-state index contributed by atoms with van der Waals surface area (Å²) in [5.41, 5.74) is 4.03. The Bertz CT molecular complexity index is 352. The van der Waals surface area contributed by atoms with Gasteiger partial charge in [-0.2, -0.15) is 0 Å². The molecule has 2 heteroatoms. The van der Waals surface area contributed by atoms with E-state index in [9.17, 15) is 0 Å². The van der Waals surface area contributed by atoms with E-state index in [1.54, 1.807) is 0 Å². The number of nitrogens with zero attached hydrogens (tertiary/aromatic N) is 1. The minimum Gasteiger partial charge on any atom is -0.317 e. The molecular weight excluding hydrogens is 196 g/mol. The molecule has 0 saturated carbocycles. The lowest BCUT2D eigenvalue weighted by atomic mass is 9.90. The van der Waals surface area contributed by atoms with Crippen LogP contribution in [0.4, 0.5) is 0 Å². The molecule has 0 unspecified atom stereocenters. The van der Waals surface area contributed by atoms with Gasteiger partial charge in [0.15, 0.2) is 0 Å². The maximum atomic E-state index is 4.63. The van der Waals surface area contributed by atoms with Gasteiger partial charge in [-0.1, -0.05) is 19.9 Å². The van der Waals surface area contributed by atoms with Crippen LogP contribution in [-0.2, 0) is 0 Å². The number of hydrogen-bond acceptors (Lipinski definition) is 2. The van der Waals surface area contributed by atoms with E-state index in [1.165, 1.54) is 29.7 Å². The predicted octanol–water partition coefficient (Wildman–Crippen LogP) is 2.98. The zero-order chi connectivity index (χ0) is 11.5. The van der Waals surface area contributed by atoms with E-state index in [-0.39, 0.29) is 0 Å². The maximum Gasteiger partial charge on any atom is 0.0458 e. The summed E-state index contributed by atoms with van der Waals surface area (Å²) < 4.78 is 0. The van der Waals surface area contributed by atoms with E-state index in [1.807, 2.05) is 0 Å². The summed E-state index contributed by atoms with van der Waals surface area (Å²) in [6.45, 7) is 8.90. The third-order valence-electron chi connectivity index (χ3n) is 3.50. The first-order valence-electron chi connectivity index (χ1n) is 6.35. The van der Waals surface area contributed by atoms with Crippen molar-refractivity contribution in [3.8, 4) is 0 Å². The summed E-state index contributed by atoms with van der Waals surface area (Å²) in [7, 11) is 0. The number of rotatable bonds is 2. The zero-order valence-corrected chi connectivity index (χ0v) is 10.6. The molecule has 1 fully saturated rings. The first-order chi connectivity index (χ1) is 7.68. The van der Waals surface area contributed by atoms with Crippen molar-refractivity contribution >= 4 is 0 Å². The summed E-state index contributed by atoms with van der Waals surface area (Å²) in [6.07, 6.45) is 4.60. The van der Waals surface area contributed by atoms with Crippen molar-refractivity contribution in [3.63, 3.8) is 0 Å². The molecule has 0 aliphatic carbocycles. The SMILES string of the molecule is Cc1cc(C2CCNCC2)cnc1C(C)C. The van der Waals surface area contributed by atoms with Crippen LogP contribution in [0.2, 0.25) is 0 Å². The highest BCUT2D eigenvalue weighted by atomic mass is 14.9. The van der Waals surface area contributed by atoms with Crippen molar-refractivity contribution in [3.05, 3.63) is 29.1 Å². The molecule has 0 bridgehead atoms. The number of pyridine rings is 1. The topological polar surface area (TPSA) is 24.9 Å². The van der Waals surface area contributed by atoms with Crippen molar-refractivity contribution in [1.29, 1.82) is 0 Å². The van der Waals surface area contributed by atoms with E-state index < -0.39 is 0 Å². The van der Waals surface area contributed by atoms with Crippen LogP contribution in [0, 0.1) is 6.92 Å². The summed E-state index contributed by atoms with van der Waals surface area (Å²) in [5.74, 6) is 1.25. The highest BCUT2D eigenvalue weighted by Crippen LogP contribution is 2.27. The Morgan fingerprint density at radius 3 is 2.56 bits per heavy atom. The lowest BCUT2D eigenvalue weighted by Gasteiger charge is -2.23. The molecule has 2 heterocycles. The van der Waals surface area contributed by atoms with Gasteiger partial charge in [0.25, 0.3) is 0 Å². The van der Waals surface area contributed by atoms with Crippen molar-refractivity contribution in [1.82, 2.24) is 10.3 Å². The van der Waals surface area contributed by atoms with Crippen LogP contribution in [0.3, 0.4) is 0 Å². The highest BCUT2D eigenvalue weighted by Gasteiger charge is 2.16. The molecule has 1 aromatic rings. The van der Waals surface area contributed by atoms with Crippen molar-refractivity contribution in [2.45, 2.75) is 45.4 Å². The molecule has 0 amide bonds. The Morgan fingerprint density at radius 2 is 2.00 bits per heavy atom. The smallest absolute Gasteiger partial charge is 0.0458 e. The van der Waals surface area contributed by atoms with E-state index >= 15 is 0 Å². The normalized spacial score (nSPS) is 18.0. The summed E-state index contributed by atoms with van der Waals surface area (Å²) in [5, 5.41) is 3.41. The Balaban J connectivity index is 2.19. The van der Waals surface area contributed by atoms with Gasteiger partial charge in [0.05, 0.1) is 0 Å². The second-order valence-electron chi connectivity index (χ2n) is 5.15. The number of aromatic nitrogens is 1.